The van der Waals surface area contributed by atoms with Crippen molar-refractivity contribution in [2.75, 3.05) is 31.2 Å². The first-order valence-corrected chi connectivity index (χ1v) is 8.88. The number of morpholine rings is 1. The molecule has 1 aliphatic heterocycles. The second-order valence-corrected chi connectivity index (χ2v) is 7.55. The zero-order valence-electron chi connectivity index (χ0n) is 15.4. The van der Waals surface area contributed by atoms with Gasteiger partial charge < -0.3 is 14.4 Å². The summed E-state index contributed by atoms with van der Waals surface area (Å²) in [5.41, 5.74) is 3.73. The molecule has 0 N–H and O–H groups in total. The van der Waals surface area contributed by atoms with Crippen molar-refractivity contribution in [3.8, 4) is 11.5 Å². The van der Waals surface area contributed by atoms with Crippen LogP contribution in [0.3, 0.4) is 0 Å². The van der Waals surface area contributed by atoms with E-state index in [0.717, 1.165) is 37.7 Å². The molecule has 0 spiro atoms. The lowest BCUT2D eigenvalue weighted by molar-refractivity contribution is 0.122. The molecule has 26 heavy (non-hydrogen) atoms. The second kappa shape index (κ2) is 6.61. The summed E-state index contributed by atoms with van der Waals surface area (Å²) in [4.78, 5) is 2.26. The number of aromatic nitrogens is 2. The van der Waals surface area contributed by atoms with Crippen LogP contribution in [0, 0.1) is 0 Å². The monoisotopic (exact) mass is 353 g/mol. The molecule has 2 aromatic carbocycles. The molecule has 136 valence electrons. The highest BCUT2D eigenvalue weighted by atomic mass is 16.6. The first-order valence-electron chi connectivity index (χ1n) is 8.88. The summed E-state index contributed by atoms with van der Waals surface area (Å²) in [7, 11) is 0. The Morgan fingerprint density at radius 3 is 2.42 bits per heavy atom. The highest BCUT2D eigenvalue weighted by Crippen LogP contribution is 2.34. The van der Waals surface area contributed by atoms with Crippen LogP contribution in [-0.4, -0.2) is 36.6 Å². The van der Waals surface area contributed by atoms with Crippen molar-refractivity contribution in [2.24, 2.45) is 0 Å². The minimum absolute atomic E-state index is 0.109. The van der Waals surface area contributed by atoms with Crippen LogP contribution in [0.25, 0.3) is 11.0 Å². The summed E-state index contributed by atoms with van der Waals surface area (Å²) in [5.74, 6) is 1.41. The van der Waals surface area contributed by atoms with Gasteiger partial charge in [0.15, 0.2) is 11.3 Å². The van der Waals surface area contributed by atoms with Crippen LogP contribution in [-0.2, 0) is 10.2 Å². The first kappa shape index (κ1) is 16.8. The Kier molecular flexibility index (Phi) is 4.28. The zero-order chi connectivity index (χ0) is 18.1. The predicted octanol–water partition coefficient (Wildman–Crippen LogP) is 4.15. The third-order valence-corrected chi connectivity index (χ3v) is 4.64. The van der Waals surface area contributed by atoms with Crippen molar-refractivity contribution in [3.05, 3.63) is 42.0 Å². The number of benzene rings is 2. The van der Waals surface area contributed by atoms with E-state index in [1.54, 1.807) is 0 Å². The molecule has 6 heteroatoms. The lowest BCUT2D eigenvalue weighted by Crippen LogP contribution is -2.36. The van der Waals surface area contributed by atoms with Gasteiger partial charge in [-0.2, -0.15) is 0 Å². The van der Waals surface area contributed by atoms with Crippen LogP contribution in [0.5, 0.6) is 11.5 Å². The minimum Gasteiger partial charge on any atom is -0.455 e. The average Bonchev–Trinajstić information content (AvgIpc) is 3.11. The molecule has 1 fully saturated rings. The number of fused-ring (bicyclic) bond motifs is 1. The van der Waals surface area contributed by atoms with E-state index in [1.807, 2.05) is 24.3 Å². The van der Waals surface area contributed by atoms with Crippen molar-refractivity contribution < 1.29 is 14.1 Å². The smallest absolute Gasteiger partial charge is 0.177 e. The molecule has 4 rings (SSSR count). The zero-order valence-corrected chi connectivity index (χ0v) is 15.4. The van der Waals surface area contributed by atoms with Gasteiger partial charge >= 0.3 is 0 Å². The van der Waals surface area contributed by atoms with E-state index < -0.39 is 0 Å². The molecule has 0 unspecified atom stereocenters. The van der Waals surface area contributed by atoms with Gasteiger partial charge in [0.05, 0.1) is 13.2 Å². The van der Waals surface area contributed by atoms with Gasteiger partial charge in [-0.1, -0.05) is 32.9 Å². The van der Waals surface area contributed by atoms with Gasteiger partial charge in [-0.15, -0.1) is 0 Å². The molecule has 3 aromatic rings. The van der Waals surface area contributed by atoms with Gasteiger partial charge in [0.1, 0.15) is 11.3 Å². The van der Waals surface area contributed by atoms with Crippen LogP contribution in [0.4, 0.5) is 5.69 Å². The maximum Gasteiger partial charge on any atom is 0.177 e. The Balaban J connectivity index is 1.65. The van der Waals surface area contributed by atoms with Crippen molar-refractivity contribution in [2.45, 2.75) is 26.2 Å². The Hall–Kier alpha value is -2.60. The van der Waals surface area contributed by atoms with Crippen LogP contribution in [0.2, 0.25) is 0 Å². The number of hydrogen-bond donors (Lipinski definition) is 0. The fourth-order valence-electron chi connectivity index (χ4n) is 3.08. The standard InChI is InChI=1S/C20H23N3O3/c1-20(2,3)14-4-6-16(7-5-14)25-18-13-15(23-8-10-24-11-9-23)12-17-19(18)22-26-21-17/h4-7,12-13H,8-11H2,1-3H3. The van der Waals surface area contributed by atoms with E-state index in [2.05, 4.69) is 48.1 Å². The normalized spacial score (nSPS) is 15.4. The number of nitrogens with zero attached hydrogens (tertiary/aromatic N) is 3. The van der Waals surface area contributed by atoms with E-state index >= 15 is 0 Å². The largest absolute Gasteiger partial charge is 0.455 e. The van der Waals surface area contributed by atoms with Crippen LogP contribution in [0.15, 0.2) is 41.0 Å². The molecular weight excluding hydrogens is 330 g/mol. The average molecular weight is 353 g/mol. The van der Waals surface area contributed by atoms with Gasteiger partial charge in [0, 0.05) is 24.8 Å². The van der Waals surface area contributed by atoms with Crippen molar-refractivity contribution >= 4 is 16.7 Å². The van der Waals surface area contributed by atoms with Gasteiger partial charge in [-0.3, -0.25) is 0 Å². The first-order chi connectivity index (χ1) is 12.5. The van der Waals surface area contributed by atoms with Crippen molar-refractivity contribution in [3.63, 3.8) is 0 Å². The van der Waals surface area contributed by atoms with E-state index in [-0.39, 0.29) is 5.41 Å². The molecule has 0 aliphatic carbocycles. The van der Waals surface area contributed by atoms with Crippen molar-refractivity contribution in [1.82, 2.24) is 10.3 Å². The van der Waals surface area contributed by atoms with E-state index in [4.69, 9.17) is 14.1 Å². The van der Waals surface area contributed by atoms with Crippen LogP contribution in [0.1, 0.15) is 26.3 Å². The van der Waals surface area contributed by atoms with Crippen molar-refractivity contribution in [1.29, 1.82) is 0 Å². The highest BCUT2D eigenvalue weighted by Gasteiger charge is 2.18. The third kappa shape index (κ3) is 3.37. The van der Waals surface area contributed by atoms with Crippen LogP contribution >= 0.6 is 0 Å². The Labute approximate surface area is 152 Å². The molecule has 0 amide bonds. The quantitative estimate of drug-likeness (QED) is 0.705. The number of ether oxygens (including phenoxy) is 2. The molecule has 0 radical (unpaired) electrons. The fourth-order valence-corrected chi connectivity index (χ4v) is 3.08. The molecule has 0 atom stereocenters. The predicted molar refractivity (Wildman–Crippen MR) is 100 cm³/mol. The molecular formula is C20H23N3O3. The summed E-state index contributed by atoms with van der Waals surface area (Å²) in [5, 5.41) is 8.00. The number of rotatable bonds is 3. The molecule has 6 nitrogen and oxygen atoms in total. The maximum absolute atomic E-state index is 6.13. The van der Waals surface area contributed by atoms with Gasteiger partial charge in [-0.05, 0) is 39.5 Å². The SMILES string of the molecule is CC(C)(C)c1ccc(Oc2cc(N3CCOCC3)cc3nonc23)cc1. The minimum atomic E-state index is 0.109. The lowest BCUT2D eigenvalue weighted by atomic mass is 9.87. The molecule has 1 aromatic heterocycles. The fraction of sp³-hybridized carbons (Fsp3) is 0.400. The maximum atomic E-state index is 6.13. The number of hydrogen-bond acceptors (Lipinski definition) is 6. The van der Waals surface area contributed by atoms with Gasteiger partial charge in [-0.25, -0.2) is 4.63 Å². The Bertz CT molecular complexity index is 891. The summed E-state index contributed by atoms with van der Waals surface area (Å²) in [6.07, 6.45) is 0. The number of anilines is 1. The molecule has 1 aliphatic rings. The molecule has 1 saturated heterocycles. The Morgan fingerprint density at radius 2 is 1.73 bits per heavy atom. The van der Waals surface area contributed by atoms with E-state index in [0.29, 0.717) is 16.8 Å². The molecule has 0 saturated carbocycles. The van der Waals surface area contributed by atoms with Gasteiger partial charge in [0.2, 0.25) is 0 Å². The van der Waals surface area contributed by atoms with E-state index in [1.165, 1.54) is 5.56 Å². The molecule has 0 bridgehead atoms. The third-order valence-electron chi connectivity index (χ3n) is 4.64. The highest BCUT2D eigenvalue weighted by molar-refractivity contribution is 5.85. The summed E-state index contributed by atoms with van der Waals surface area (Å²) < 4.78 is 16.5. The van der Waals surface area contributed by atoms with Gasteiger partial charge in [0.25, 0.3) is 0 Å². The molecule has 2 heterocycles. The van der Waals surface area contributed by atoms with E-state index in [9.17, 15) is 0 Å². The summed E-state index contributed by atoms with van der Waals surface area (Å²) >= 11 is 0. The topological polar surface area (TPSA) is 60.6 Å². The second-order valence-electron chi connectivity index (χ2n) is 7.55. The Morgan fingerprint density at radius 1 is 1.00 bits per heavy atom. The summed E-state index contributed by atoms with van der Waals surface area (Å²) in [6, 6.07) is 12.1. The summed E-state index contributed by atoms with van der Waals surface area (Å²) in [6.45, 7) is 9.71. The lowest BCUT2D eigenvalue weighted by Gasteiger charge is -2.29. The van der Waals surface area contributed by atoms with Crippen LogP contribution < -0.4 is 9.64 Å².